The molecule has 14 heavy (non-hydrogen) atoms. The lowest BCUT2D eigenvalue weighted by atomic mass is 9.90. The van der Waals surface area contributed by atoms with Crippen LogP contribution in [0.2, 0.25) is 0 Å². The Morgan fingerprint density at radius 2 is 2.00 bits per heavy atom. The first-order valence-electron chi connectivity index (χ1n) is 5.59. The van der Waals surface area contributed by atoms with Crippen molar-refractivity contribution in [3.63, 3.8) is 0 Å². The van der Waals surface area contributed by atoms with Gasteiger partial charge in [-0.1, -0.05) is 13.8 Å². The molecule has 2 fully saturated rings. The van der Waals surface area contributed by atoms with Gasteiger partial charge in [-0.2, -0.15) is 0 Å². The lowest BCUT2D eigenvalue weighted by Crippen LogP contribution is -2.57. The highest BCUT2D eigenvalue weighted by molar-refractivity contribution is 4.88. The van der Waals surface area contributed by atoms with Crippen LogP contribution in [0.4, 0.5) is 0 Å². The van der Waals surface area contributed by atoms with Gasteiger partial charge in [-0.3, -0.25) is 5.32 Å². The van der Waals surface area contributed by atoms with Gasteiger partial charge in [-0.25, -0.2) is 0 Å². The molecular weight excluding hydrogens is 178 g/mol. The first-order valence-corrected chi connectivity index (χ1v) is 5.59. The predicted molar refractivity (Wildman–Crippen MR) is 55.1 cm³/mol. The Kier molecular flexibility index (Phi) is 2.82. The third kappa shape index (κ3) is 2.27. The van der Waals surface area contributed by atoms with Gasteiger partial charge in [0.05, 0.1) is 13.2 Å². The van der Waals surface area contributed by atoms with Crippen LogP contribution in [0.15, 0.2) is 0 Å². The molecule has 0 saturated carbocycles. The standard InChI is InChI=1S/C11H21NO2/c1-10(2)8-12-11(14-9-10)4-3-6-13-7-5-11/h12H,3-9H2,1-2H3. The van der Waals surface area contributed by atoms with Gasteiger partial charge in [-0.05, 0) is 12.8 Å². The average molecular weight is 199 g/mol. The summed E-state index contributed by atoms with van der Waals surface area (Å²) < 4.78 is 11.5. The molecular formula is C11H21NO2. The van der Waals surface area contributed by atoms with Crippen LogP contribution in [-0.2, 0) is 9.47 Å². The molecule has 2 aliphatic heterocycles. The van der Waals surface area contributed by atoms with Crippen LogP contribution in [0.5, 0.6) is 0 Å². The minimum Gasteiger partial charge on any atom is -0.381 e. The van der Waals surface area contributed by atoms with E-state index in [-0.39, 0.29) is 11.1 Å². The molecule has 2 aliphatic rings. The quantitative estimate of drug-likeness (QED) is 0.642. The van der Waals surface area contributed by atoms with Crippen molar-refractivity contribution in [2.24, 2.45) is 5.41 Å². The highest BCUT2D eigenvalue weighted by atomic mass is 16.5. The number of nitrogens with one attached hydrogen (secondary N) is 1. The highest BCUT2D eigenvalue weighted by Gasteiger charge is 2.39. The summed E-state index contributed by atoms with van der Waals surface area (Å²) in [6, 6.07) is 0. The zero-order valence-corrected chi connectivity index (χ0v) is 9.27. The van der Waals surface area contributed by atoms with Crippen molar-refractivity contribution in [1.29, 1.82) is 0 Å². The second-order valence-electron chi connectivity index (χ2n) is 5.27. The number of hydrogen-bond donors (Lipinski definition) is 1. The number of ether oxygens (including phenoxy) is 2. The molecule has 2 rings (SSSR count). The zero-order valence-electron chi connectivity index (χ0n) is 9.27. The third-order valence-corrected chi connectivity index (χ3v) is 3.15. The fourth-order valence-corrected chi connectivity index (χ4v) is 2.08. The third-order valence-electron chi connectivity index (χ3n) is 3.15. The molecule has 0 radical (unpaired) electrons. The summed E-state index contributed by atoms with van der Waals surface area (Å²) in [5.41, 5.74) is 0.199. The van der Waals surface area contributed by atoms with Gasteiger partial charge in [0.15, 0.2) is 0 Å². The van der Waals surface area contributed by atoms with Gasteiger partial charge in [0.1, 0.15) is 5.72 Å². The molecule has 1 atom stereocenters. The molecule has 3 nitrogen and oxygen atoms in total. The van der Waals surface area contributed by atoms with Crippen LogP contribution >= 0.6 is 0 Å². The molecule has 3 heteroatoms. The van der Waals surface area contributed by atoms with E-state index in [1.807, 2.05) is 0 Å². The van der Waals surface area contributed by atoms with E-state index >= 15 is 0 Å². The van der Waals surface area contributed by atoms with Crippen molar-refractivity contribution in [2.75, 3.05) is 26.4 Å². The van der Waals surface area contributed by atoms with Crippen molar-refractivity contribution in [1.82, 2.24) is 5.32 Å². The van der Waals surface area contributed by atoms with Crippen LogP contribution in [0.3, 0.4) is 0 Å². The Morgan fingerprint density at radius 1 is 1.14 bits per heavy atom. The predicted octanol–water partition coefficient (Wildman–Crippen LogP) is 1.53. The fourth-order valence-electron chi connectivity index (χ4n) is 2.08. The fraction of sp³-hybridized carbons (Fsp3) is 1.00. The van der Waals surface area contributed by atoms with Crippen LogP contribution in [-0.4, -0.2) is 32.1 Å². The maximum atomic E-state index is 6.01. The summed E-state index contributed by atoms with van der Waals surface area (Å²) in [6.07, 6.45) is 3.18. The van der Waals surface area contributed by atoms with Crippen molar-refractivity contribution in [2.45, 2.75) is 38.8 Å². The van der Waals surface area contributed by atoms with Gasteiger partial charge >= 0.3 is 0 Å². The Morgan fingerprint density at radius 3 is 2.71 bits per heavy atom. The first kappa shape index (κ1) is 10.4. The summed E-state index contributed by atoms with van der Waals surface area (Å²) in [5.74, 6) is 0. The Hall–Kier alpha value is -0.120. The molecule has 82 valence electrons. The van der Waals surface area contributed by atoms with Gasteiger partial charge in [0.25, 0.3) is 0 Å². The molecule has 0 bridgehead atoms. The van der Waals surface area contributed by atoms with Crippen LogP contribution in [0.25, 0.3) is 0 Å². The smallest absolute Gasteiger partial charge is 0.121 e. The normalized spacial score (nSPS) is 38.1. The Labute approximate surface area is 86.2 Å². The molecule has 1 N–H and O–H groups in total. The zero-order chi connectivity index (χ0) is 10.1. The molecule has 1 spiro atoms. The lowest BCUT2D eigenvalue weighted by Gasteiger charge is -2.44. The van der Waals surface area contributed by atoms with Crippen molar-refractivity contribution < 1.29 is 9.47 Å². The lowest BCUT2D eigenvalue weighted by molar-refractivity contribution is -0.144. The monoisotopic (exact) mass is 199 g/mol. The second kappa shape index (κ2) is 3.80. The average Bonchev–Trinajstić information content (AvgIpc) is 2.37. The van der Waals surface area contributed by atoms with Crippen molar-refractivity contribution in [3.8, 4) is 0 Å². The van der Waals surface area contributed by atoms with Crippen LogP contribution in [0.1, 0.15) is 33.1 Å². The maximum absolute atomic E-state index is 6.01. The summed E-state index contributed by atoms with van der Waals surface area (Å²) in [7, 11) is 0. The molecule has 0 aromatic heterocycles. The van der Waals surface area contributed by atoms with E-state index in [9.17, 15) is 0 Å². The van der Waals surface area contributed by atoms with E-state index < -0.39 is 0 Å². The van der Waals surface area contributed by atoms with Gasteiger partial charge in [0, 0.05) is 25.0 Å². The van der Waals surface area contributed by atoms with E-state index in [0.29, 0.717) is 0 Å². The molecule has 0 aliphatic carbocycles. The Balaban J connectivity index is 1.96. The Bertz CT molecular complexity index is 183. The van der Waals surface area contributed by atoms with Crippen LogP contribution in [0, 0.1) is 5.41 Å². The first-order chi connectivity index (χ1) is 6.62. The van der Waals surface area contributed by atoms with E-state index in [1.165, 1.54) is 0 Å². The summed E-state index contributed by atoms with van der Waals surface area (Å²) in [5, 5.41) is 3.56. The molecule has 0 amide bonds. The van der Waals surface area contributed by atoms with Crippen molar-refractivity contribution >= 4 is 0 Å². The summed E-state index contributed by atoms with van der Waals surface area (Å²) in [4.78, 5) is 0. The number of hydrogen-bond acceptors (Lipinski definition) is 3. The molecule has 1 unspecified atom stereocenters. The maximum Gasteiger partial charge on any atom is 0.121 e. The van der Waals surface area contributed by atoms with Gasteiger partial charge in [-0.15, -0.1) is 0 Å². The topological polar surface area (TPSA) is 30.5 Å². The summed E-state index contributed by atoms with van der Waals surface area (Å²) >= 11 is 0. The summed E-state index contributed by atoms with van der Waals surface area (Å²) in [6.45, 7) is 8.09. The van der Waals surface area contributed by atoms with Crippen molar-refractivity contribution in [3.05, 3.63) is 0 Å². The largest absolute Gasteiger partial charge is 0.381 e. The van der Waals surface area contributed by atoms with Gasteiger partial charge in [0.2, 0.25) is 0 Å². The van der Waals surface area contributed by atoms with Crippen LogP contribution < -0.4 is 5.32 Å². The van der Waals surface area contributed by atoms with E-state index in [1.54, 1.807) is 0 Å². The molecule has 2 heterocycles. The van der Waals surface area contributed by atoms with E-state index in [4.69, 9.17) is 9.47 Å². The minimum absolute atomic E-state index is 0.0774. The van der Waals surface area contributed by atoms with Gasteiger partial charge < -0.3 is 9.47 Å². The number of rotatable bonds is 0. The minimum atomic E-state index is -0.0774. The van der Waals surface area contributed by atoms with E-state index in [0.717, 1.165) is 45.6 Å². The van der Waals surface area contributed by atoms with E-state index in [2.05, 4.69) is 19.2 Å². The highest BCUT2D eigenvalue weighted by Crippen LogP contribution is 2.30. The molecule has 0 aromatic rings. The molecule has 2 saturated heterocycles. The SMILES string of the molecule is CC1(C)CNC2(CCCOCC2)OC1. The second-order valence-corrected chi connectivity index (χ2v) is 5.27. The molecule has 0 aromatic carbocycles.